The Morgan fingerprint density at radius 1 is 1.15 bits per heavy atom. The number of nitrogens with zero attached hydrogens (tertiary/aromatic N) is 1. The second kappa shape index (κ2) is 6.90. The van der Waals surface area contributed by atoms with Gasteiger partial charge < -0.3 is 15.0 Å². The maximum absolute atomic E-state index is 12.4. The van der Waals surface area contributed by atoms with Crippen LogP contribution >= 0.6 is 0 Å². The summed E-state index contributed by atoms with van der Waals surface area (Å²) >= 11 is 0. The van der Waals surface area contributed by atoms with Crippen LogP contribution in [0.3, 0.4) is 0 Å². The number of ether oxygens (including phenoxy) is 1. The summed E-state index contributed by atoms with van der Waals surface area (Å²) in [4.78, 5) is 14.5. The molecular weight excluding hydrogens is 252 g/mol. The molecule has 4 nitrogen and oxygen atoms in total. The first kappa shape index (κ1) is 15.8. The molecule has 2 aliphatic heterocycles. The number of hydrogen-bond donors (Lipinski definition) is 1. The van der Waals surface area contributed by atoms with E-state index in [1.165, 1.54) is 0 Å². The van der Waals surface area contributed by atoms with Crippen molar-refractivity contribution in [2.45, 2.75) is 52.6 Å². The van der Waals surface area contributed by atoms with Crippen LogP contribution in [0.5, 0.6) is 0 Å². The number of amides is 1. The van der Waals surface area contributed by atoms with Gasteiger partial charge in [-0.2, -0.15) is 0 Å². The van der Waals surface area contributed by atoms with Crippen LogP contribution in [0.1, 0.15) is 46.5 Å². The lowest BCUT2D eigenvalue weighted by atomic mass is 9.95. The zero-order valence-corrected chi connectivity index (χ0v) is 13.3. The van der Waals surface area contributed by atoms with Gasteiger partial charge in [-0.25, -0.2) is 0 Å². The van der Waals surface area contributed by atoms with E-state index in [2.05, 4.69) is 31.0 Å². The molecule has 2 heterocycles. The van der Waals surface area contributed by atoms with Gasteiger partial charge in [0.1, 0.15) is 0 Å². The van der Waals surface area contributed by atoms with Gasteiger partial charge in [0, 0.05) is 19.0 Å². The molecule has 2 aliphatic rings. The summed E-state index contributed by atoms with van der Waals surface area (Å²) in [5.41, 5.74) is 0.224. The van der Waals surface area contributed by atoms with Crippen molar-refractivity contribution in [1.29, 1.82) is 0 Å². The minimum Gasteiger partial charge on any atom is -0.378 e. The minimum atomic E-state index is 0.224. The molecule has 0 aromatic rings. The summed E-state index contributed by atoms with van der Waals surface area (Å²) in [5, 5.41) is 3.32. The monoisotopic (exact) mass is 282 g/mol. The van der Waals surface area contributed by atoms with Crippen LogP contribution in [-0.2, 0) is 9.53 Å². The maximum Gasteiger partial charge on any atom is 0.225 e. The van der Waals surface area contributed by atoms with Crippen LogP contribution in [0.25, 0.3) is 0 Å². The molecule has 2 fully saturated rings. The highest BCUT2D eigenvalue weighted by Crippen LogP contribution is 2.22. The molecule has 0 saturated carbocycles. The first-order chi connectivity index (χ1) is 9.46. The average molecular weight is 282 g/mol. The van der Waals surface area contributed by atoms with Crippen LogP contribution < -0.4 is 5.32 Å². The predicted octanol–water partition coefficient (Wildman–Crippen LogP) is 2.04. The molecule has 0 spiro atoms. The van der Waals surface area contributed by atoms with Gasteiger partial charge in [-0.05, 0) is 44.2 Å². The van der Waals surface area contributed by atoms with Crippen molar-refractivity contribution in [2.75, 3.05) is 32.8 Å². The molecule has 0 atom stereocenters. The van der Waals surface area contributed by atoms with Gasteiger partial charge in [0.05, 0.1) is 12.7 Å². The number of nitrogens with one attached hydrogen (secondary N) is 1. The van der Waals surface area contributed by atoms with E-state index in [1.807, 2.05) is 0 Å². The molecule has 0 radical (unpaired) electrons. The fourth-order valence-corrected chi connectivity index (χ4v) is 2.94. The highest BCUT2D eigenvalue weighted by molar-refractivity contribution is 5.79. The third kappa shape index (κ3) is 4.74. The molecule has 2 saturated heterocycles. The molecule has 1 amide bonds. The van der Waals surface area contributed by atoms with Gasteiger partial charge >= 0.3 is 0 Å². The Bertz CT molecular complexity index is 311. The van der Waals surface area contributed by atoms with Crippen molar-refractivity contribution in [3.8, 4) is 0 Å². The van der Waals surface area contributed by atoms with Gasteiger partial charge in [-0.1, -0.05) is 20.8 Å². The summed E-state index contributed by atoms with van der Waals surface area (Å²) < 4.78 is 5.97. The Kier molecular flexibility index (Phi) is 5.44. The van der Waals surface area contributed by atoms with E-state index >= 15 is 0 Å². The lowest BCUT2D eigenvalue weighted by Crippen LogP contribution is -2.46. The summed E-state index contributed by atoms with van der Waals surface area (Å²) in [6.45, 7) is 11.1. The van der Waals surface area contributed by atoms with Gasteiger partial charge in [-0.3, -0.25) is 4.79 Å². The smallest absolute Gasteiger partial charge is 0.225 e. The van der Waals surface area contributed by atoms with Crippen LogP contribution in [-0.4, -0.2) is 49.7 Å². The molecule has 0 aromatic carbocycles. The van der Waals surface area contributed by atoms with Gasteiger partial charge in [0.25, 0.3) is 0 Å². The zero-order valence-electron chi connectivity index (χ0n) is 13.3. The molecule has 0 bridgehead atoms. The first-order valence-electron chi connectivity index (χ1n) is 8.07. The topological polar surface area (TPSA) is 41.6 Å². The highest BCUT2D eigenvalue weighted by Gasteiger charge is 2.29. The molecular formula is C16H30N2O2. The van der Waals surface area contributed by atoms with Gasteiger partial charge in [-0.15, -0.1) is 0 Å². The van der Waals surface area contributed by atoms with Crippen molar-refractivity contribution < 1.29 is 9.53 Å². The van der Waals surface area contributed by atoms with E-state index in [0.717, 1.165) is 58.5 Å². The number of likely N-dealkylation sites (tertiary alicyclic amines) is 1. The largest absolute Gasteiger partial charge is 0.378 e. The summed E-state index contributed by atoms with van der Waals surface area (Å²) in [7, 11) is 0. The first-order valence-corrected chi connectivity index (χ1v) is 8.07. The van der Waals surface area contributed by atoms with Crippen molar-refractivity contribution in [1.82, 2.24) is 10.2 Å². The van der Waals surface area contributed by atoms with E-state index in [9.17, 15) is 4.79 Å². The van der Waals surface area contributed by atoms with Gasteiger partial charge in [0.15, 0.2) is 0 Å². The van der Waals surface area contributed by atoms with Crippen molar-refractivity contribution in [3.05, 3.63) is 0 Å². The molecule has 2 rings (SSSR count). The molecule has 116 valence electrons. The van der Waals surface area contributed by atoms with Crippen molar-refractivity contribution in [2.24, 2.45) is 11.3 Å². The Hall–Kier alpha value is -0.610. The highest BCUT2D eigenvalue weighted by atomic mass is 16.5. The summed E-state index contributed by atoms with van der Waals surface area (Å²) in [6.07, 6.45) is 4.32. The molecule has 20 heavy (non-hydrogen) atoms. The summed E-state index contributed by atoms with van der Waals surface area (Å²) in [6, 6.07) is 0. The number of carbonyl (C=O) groups excluding carboxylic acids is 1. The average Bonchev–Trinajstić information content (AvgIpc) is 2.45. The molecule has 1 N–H and O–H groups in total. The van der Waals surface area contributed by atoms with E-state index in [4.69, 9.17) is 4.74 Å². The fourth-order valence-electron chi connectivity index (χ4n) is 2.94. The normalized spacial score (nSPS) is 23.1. The van der Waals surface area contributed by atoms with Crippen LogP contribution in [0, 0.1) is 11.3 Å². The molecule has 0 aromatic heterocycles. The van der Waals surface area contributed by atoms with E-state index in [0.29, 0.717) is 12.0 Å². The van der Waals surface area contributed by atoms with Crippen LogP contribution in [0.15, 0.2) is 0 Å². The SMILES string of the molecule is CC(C)(C)COC1CCN(C(=O)C2CCNCC2)CC1. The Balaban J connectivity index is 1.72. The van der Waals surface area contributed by atoms with Crippen LogP contribution in [0.4, 0.5) is 0 Å². The van der Waals surface area contributed by atoms with Crippen LogP contribution in [0.2, 0.25) is 0 Å². The van der Waals surface area contributed by atoms with E-state index in [1.54, 1.807) is 0 Å². The van der Waals surface area contributed by atoms with Crippen molar-refractivity contribution in [3.63, 3.8) is 0 Å². The maximum atomic E-state index is 12.4. The molecule has 4 heteroatoms. The summed E-state index contributed by atoms with van der Waals surface area (Å²) in [5.74, 6) is 0.629. The third-order valence-electron chi connectivity index (χ3n) is 4.19. The second-order valence-corrected chi connectivity index (χ2v) is 7.42. The Morgan fingerprint density at radius 3 is 2.30 bits per heavy atom. The predicted molar refractivity (Wildman–Crippen MR) is 80.6 cm³/mol. The Labute approximate surface area is 123 Å². The number of hydrogen-bond acceptors (Lipinski definition) is 3. The number of carbonyl (C=O) groups is 1. The van der Waals surface area contributed by atoms with Gasteiger partial charge in [0.2, 0.25) is 5.91 Å². The minimum absolute atomic E-state index is 0.224. The van der Waals surface area contributed by atoms with E-state index in [-0.39, 0.29) is 11.3 Å². The lowest BCUT2D eigenvalue weighted by molar-refractivity contribution is -0.139. The fraction of sp³-hybridized carbons (Fsp3) is 0.938. The van der Waals surface area contributed by atoms with Crippen molar-refractivity contribution >= 4 is 5.91 Å². The number of piperidine rings is 2. The number of rotatable bonds is 3. The second-order valence-electron chi connectivity index (χ2n) is 7.42. The standard InChI is InChI=1S/C16H30N2O2/c1-16(2,3)12-20-14-6-10-18(11-7-14)15(19)13-4-8-17-9-5-13/h13-14,17H,4-12H2,1-3H3. The molecule has 0 unspecified atom stereocenters. The lowest BCUT2D eigenvalue weighted by Gasteiger charge is -2.36. The Morgan fingerprint density at radius 2 is 1.75 bits per heavy atom. The third-order valence-corrected chi connectivity index (χ3v) is 4.19. The quantitative estimate of drug-likeness (QED) is 0.861. The molecule has 0 aliphatic carbocycles. The zero-order chi connectivity index (χ0) is 14.6. The van der Waals surface area contributed by atoms with E-state index < -0.39 is 0 Å².